The molecule has 3 N–H and O–H groups in total. The molecule has 0 bridgehead atoms. The molecule has 1 aromatic carbocycles. The first kappa shape index (κ1) is 10.7. The molecule has 0 saturated carbocycles. The molecule has 0 fully saturated rings. The Kier molecular flexibility index (Phi) is 3.11. The summed E-state index contributed by atoms with van der Waals surface area (Å²) in [5.74, 6) is 0. The van der Waals surface area contributed by atoms with Gasteiger partial charge in [-0.1, -0.05) is 33.6 Å². The molecule has 0 aromatic heterocycles. The van der Waals surface area contributed by atoms with Gasteiger partial charge in [-0.2, -0.15) is 0 Å². The van der Waals surface area contributed by atoms with E-state index >= 15 is 0 Å². The molecule has 1 atom stereocenters. The molecule has 72 valence electrons. The van der Waals surface area contributed by atoms with Crippen molar-refractivity contribution in [3.8, 4) is 0 Å². The van der Waals surface area contributed by atoms with Crippen LogP contribution in [0.15, 0.2) is 22.7 Å². The highest BCUT2D eigenvalue weighted by atomic mass is 79.9. The van der Waals surface area contributed by atoms with E-state index in [1.807, 2.05) is 32.0 Å². The van der Waals surface area contributed by atoms with Crippen LogP contribution >= 0.6 is 15.9 Å². The fourth-order valence-electron chi connectivity index (χ4n) is 1.16. The lowest BCUT2D eigenvalue weighted by molar-refractivity contribution is 0.209. The summed E-state index contributed by atoms with van der Waals surface area (Å²) in [4.78, 5) is 0. The fourth-order valence-corrected chi connectivity index (χ4v) is 1.86. The van der Waals surface area contributed by atoms with Gasteiger partial charge in [0, 0.05) is 4.47 Å². The van der Waals surface area contributed by atoms with E-state index in [9.17, 15) is 0 Å². The van der Waals surface area contributed by atoms with Crippen LogP contribution in [0.2, 0.25) is 0 Å². The Balaban J connectivity index is 3.20. The van der Waals surface area contributed by atoms with Gasteiger partial charge in [0.25, 0.3) is 0 Å². The number of hydrogen-bond acceptors (Lipinski definition) is 2. The van der Waals surface area contributed by atoms with Crippen LogP contribution in [0.25, 0.3) is 0 Å². The summed E-state index contributed by atoms with van der Waals surface area (Å²) in [6, 6.07) is 5.94. The van der Waals surface area contributed by atoms with Gasteiger partial charge < -0.3 is 10.8 Å². The van der Waals surface area contributed by atoms with Gasteiger partial charge in [0.05, 0.1) is 12.1 Å². The van der Waals surface area contributed by atoms with Crippen LogP contribution in [0, 0.1) is 6.92 Å². The molecule has 0 aliphatic rings. The minimum Gasteiger partial charge on any atom is -0.394 e. The van der Waals surface area contributed by atoms with Gasteiger partial charge in [0.15, 0.2) is 0 Å². The van der Waals surface area contributed by atoms with Crippen molar-refractivity contribution >= 4 is 15.9 Å². The van der Waals surface area contributed by atoms with Gasteiger partial charge in [0.1, 0.15) is 0 Å². The van der Waals surface area contributed by atoms with Gasteiger partial charge in [-0.05, 0) is 25.5 Å². The summed E-state index contributed by atoms with van der Waals surface area (Å²) in [6.45, 7) is 3.75. The molecule has 0 heterocycles. The number of aliphatic hydroxyl groups excluding tert-OH is 1. The SMILES string of the molecule is Cc1ccc(Br)c(C(C)(N)CO)c1. The summed E-state index contributed by atoms with van der Waals surface area (Å²) >= 11 is 3.42. The van der Waals surface area contributed by atoms with Gasteiger partial charge >= 0.3 is 0 Å². The van der Waals surface area contributed by atoms with Crippen molar-refractivity contribution in [2.45, 2.75) is 19.4 Å². The largest absolute Gasteiger partial charge is 0.394 e. The van der Waals surface area contributed by atoms with Crippen LogP contribution in [0.1, 0.15) is 18.1 Å². The van der Waals surface area contributed by atoms with Crippen LogP contribution in [0.4, 0.5) is 0 Å². The zero-order valence-corrected chi connectivity index (χ0v) is 9.43. The van der Waals surface area contributed by atoms with Gasteiger partial charge in [-0.15, -0.1) is 0 Å². The second-order valence-electron chi connectivity index (χ2n) is 3.56. The molecule has 0 spiro atoms. The molecule has 0 aliphatic carbocycles. The maximum atomic E-state index is 9.12. The van der Waals surface area contributed by atoms with Gasteiger partial charge in [-0.25, -0.2) is 0 Å². The van der Waals surface area contributed by atoms with Crippen molar-refractivity contribution in [2.75, 3.05) is 6.61 Å². The predicted octanol–water partition coefficient (Wildman–Crippen LogP) is 1.92. The van der Waals surface area contributed by atoms with Crippen molar-refractivity contribution in [1.29, 1.82) is 0 Å². The smallest absolute Gasteiger partial charge is 0.0650 e. The second kappa shape index (κ2) is 3.78. The van der Waals surface area contributed by atoms with Crippen LogP contribution < -0.4 is 5.73 Å². The molecular weight excluding hydrogens is 230 g/mol. The number of rotatable bonds is 2. The maximum Gasteiger partial charge on any atom is 0.0650 e. The molecule has 0 saturated heterocycles. The third-order valence-corrected chi connectivity index (χ3v) is 2.76. The number of halogens is 1. The second-order valence-corrected chi connectivity index (χ2v) is 4.41. The lowest BCUT2D eigenvalue weighted by Crippen LogP contribution is -2.37. The Morgan fingerprint density at radius 1 is 1.54 bits per heavy atom. The van der Waals surface area contributed by atoms with Crippen LogP contribution in [0.5, 0.6) is 0 Å². The molecule has 0 aliphatic heterocycles. The van der Waals surface area contributed by atoms with E-state index in [1.165, 1.54) is 0 Å². The van der Waals surface area contributed by atoms with E-state index in [-0.39, 0.29) is 6.61 Å². The Labute approximate surface area is 86.9 Å². The van der Waals surface area contributed by atoms with Crippen molar-refractivity contribution < 1.29 is 5.11 Å². The first-order valence-electron chi connectivity index (χ1n) is 4.14. The molecule has 1 unspecified atom stereocenters. The zero-order chi connectivity index (χ0) is 10.1. The summed E-state index contributed by atoms with van der Waals surface area (Å²) < 4.78 is 0.942. The minimum absolute atomic E-state index is 0.0605. The first-order valence-corrected chi connectivity index (χ1v) is 4.93. The summed E-state index contributed by atoms with van der Waals surface area (Å²) in [5, 5.41) is 9.12. The summed E-state index contributed by atoms with van der Waals surface area (Å²) in [6.07, 6.45) is 0. The van der Waals surface area contributed by atoms with Crippen LogP contribution in [-0.2, 0) is 5.54 Å². The molecule has 1 aromatic rings. The molecule has 3 heteroatoms. The van der Waals surface area contributed by atoms with E-state index in [2.05, 4.69) is 15.9 Å². The average molecular weight is 244 g/mol. The lowest BCUT2D eigenvalue weighted by atomic mass is 9.93. The van der Waals surface area contributed by atoms with Gasteiger partial charge in [-0.3, -0.25) is 0 Å². The first-order chi connectivity index (χ1) is 5.97. The number of aryl methyl sites for hydroxylation is 1. The average Bonchev–Trinajstić information content (AvgIpc) is 2.09. The molecular formula is C10H14BrNO. The van der Waals surface area contributed by atoms with Crippen LogP contribution in [-0.4, -0.2) is 11.7 Å². The van der Waals surface area contributed by atoms with E-state index in [4.69, 9.17) is 10.8 Å². The monoisotopic (exact) mass is 243 g/mol. The Morgan fingerprint density at radius 2 is 2.15 bits per heavy atom. The third kappa shape index (κ3) is 2.30. The van der Waals surface area contributed by atoms with Gasteiger partial charge in [0.2, 0.25) is 0 Å². The van der Waals surface area contributed by atoms with Crippen molar-refractivity contribution in [1.82, 2.24) is 0 Å². The van der Waals surface area contributed by atoms with E-state index < -0.39 is 5.54 Å². The zero-order valence-electron chi connectivity index (χ0n) is 7.84. The molecule has 13 heavy (non-hydrogen) atoms. The van der Waals surface area contributed by atoms with Crippen molar-refractivity contribution in [2.24, 2.45) is 5.73 Å². The highest BCUT2D eigenvalue weighted by molar-refractivity contribution is 9.10. The van der Waals surface area contributed by atoms with E-state index in [0.29, 0.717) is 0 Å². The fraction of sp³-hybridized carbons (Fsp3) is 0.400. The summed E-state index contributed by atoms with van der Waals surface area (Å²) in [5.41, 5.74) is 7.33. The number of nitrogens with two attached hydrogens (primary N) is 1. The topological polar surface area (TPSA) is 46.2 Å². The standard InChI is InChI=1S/C10H14BrNO/c1-7-3-4-9(11)8(5-7)10(2,12)6-13/h3-5,13H,6,12H2,1-2H3. The molecule has 0 amide bonds. The highest BCUT2D eigenvalue weighted by Gasteiger charge is 2.22. The molecule has 1 rings (SSSR count). The lowest BCUT2D eigenvalue weighted by Gasteiger charge is -2.24. The third-order valence-electron chi connectivity index (χ3n) is 2.07. The number of hydrogen-bond donors (Lipinski definition) is 2. The Hall–Kier alpha value is -0.380. The Morgan fingerprint density at radius 3 is 2.69 bits per heavy atom. The number of benzene rings is 1. The minimum atomic E-state index is -0.676. The van der Waals surface area contributed by atoms with Crippen LogP contribution in [0.3, 0.4) is 0 Å². The normalized spacial score (nSPS) is 15.5. The predicted molar refractivity (Wildman–Crippen MR) is 57.5 cm³/mol. The highest BCUT2D eigenvalue weighted by Crippen LogP contribution is 2.26. The van der Waals surface area contributed by atoms with Crippen molar-refractivity contribution in [3.05, 3.63) is 33.8 Å². The molecule has 2 nitrogen and oxygen atoms in total. The molecule has 0 radical (unpaired) electrons. The maximum absolute atomic E-state index is 9.12. The summed E-state index contributed by atoms with van der Waals surface area (Å²) in [7, 11) is 0. The number of aliphatic hydroxyl groups is 1. The van der Waals surface area contributed by atoms with Crippen molar-refractivity contribution in [3.63, 3.8) is 0 Å². The van der Waals surface area contributed by atoms with E-state index in [1.54, 1.807) is 0 Å². The van der Waals surface area contributed by atoms with E-state index in [0.717, 1.165) is 15.6 Å². The Bertz CT molecular complexity index is 310. The quantitative estimate of drug-likeness (QED) is 0.834.